The van der Waals surface area contributed by atoms with E-state index in [0.717, 1.165) is 17.3 Å². The molecule has 3 aromatic heterocycles. The highest BCUT2D eigenvalue weighted by Gasteiger charge is 2.41. The Morgan fingerprint density at radius 2 is 1.90 bits per heavy atom. The van der Waals surface area contributed by atoms with Crippen molar-refractivity contribution in [2.45, 2.75) is 38.8 Å². The number of nitrogens with zero attached hydrogens (tertiary/aromatic N) is 6. The second-order valence-corrected chi connectivity index (χ2v) is 8.62. The average molecular weight is 410 g/mol. The number of likely N-dealkylation sites (tertiary alicyclic amines) is 1. The Kier molecular flexibility index (Phi) is 5.60. The Hall–Kier alpha value is -2.74. The van der Waals surface area contributed by atoms with Gasteiger partial charge in [0.05, 0.1) is 6.42 Å². The maximum atomic E-state index is 15.3. The lowest BCUT2D eigenvalue weighted by Gasteiger charge is -2.36. The molecule has 1 aliphatic rings. The normalized spacial score (nSPS) is 17.0. The highest BCUT2D eigenvalue weighted by molar-refractivity contribution is 5.90. The van der Waals surface area contributed by atoms with E-state index in [9.17, 15) is 4.79 Å². The first-order valence-corrected chi connectivity index (χ1v) is 10.4. The van der Waals surface area contributed by atoms with Gasteiger partial charge in [0, 0.05) is 63.0 Å². The largest absolute Gasteiger partial charge is 0.315 e. The van der Waals surface area contributed by atoms with Gasteiger partial charge in [-0.25, -0.2) is 4.39 Å². The minimum absolute atomic E-state index is 0.00175. The van der Waals surface area contributed by atoms with Crippen LogP contribution in [0.4, 0.5) is 4.39 Å². The van der Waals surface area contributed by atoms with E-state index < -0.39 is 5.67 Å². The van der Waals surface area contributed by atoms with Gasteiger partial charge >= 0.3 is 0 Å². The number of aromatic nitrogens is 5. The van der Waals surface area contributed by atoms with Crippen molar-refractivity contribution >= 4 is 16.6 Å². The zero-order chi connectivity index (χ0) is 21.3. The summed E-state index contributed by atoms with van der Waals surface area (Å²) in [4.78, 5) is 23.8. The Bertz CT molecular complexity index is 1050. The molecule has 1 fully saturated rings. The monoisotopic (exact) mass is 410 g/mol. The highest BCUT2D eigenvalue weighted by atomic mass is 19.1. The predicted molar refractivity (Wildman–Crippen MR) is 113 cm³/mol. The van der Waals surface area contributed by atoms with Crippen LogP contribution < -0.4 is 0 Å². The van der Waals surface area contributed by atoms with Gasteiger partial charge in [-0.1, -0.05) is 13.8 Å². The standard InChI is InChI=1S/C22H27FN6O/c1-15(2)13-29-6-4-22(23,5-7-29)20(30)10-18-8-16-9-19(21-27-26-14-28(21)3)25-12-17(16)11-24-18/h8-9,11-12,14-15H,4-7,10,13H2,1-3H3. The molecule has 0 aliphatic carbocycles. The summed E-state index contributed by atoms with van der Waals surface area (Å²) < 4.78 is 17.1. The van der Waals surface area contributed by atoms with Gasteiger partial charge in [-0.05, 0) is 23.4 Å². The summed E-state index contributed by atoms with van der Waals surface area (Å²) in [7, 11) is 1.85. The minimum atomic E-state index is -1.76. The highest BCUT2D eigenvalue weighted by Crippen LogP contribution is 2.29. The number of Topliss-reactive ketones (excluding diaryl/α,β-unsaturated/α-hetero) is 1. The predicted octanol–water partition coefficient (Wildman–Crippen LogP) is 3.00. The molecule has 158 valence electrons. The van der Waals surface area contributed by atoms with Crippen LogP contribution in [0, 0.1) is 5.92 Å². The summed E-state index contributed by atoms with van der Waals surface area (Å²) in [6, 6.07) is 3.73. The number of piperidine rings is 1. The van der Waals surface area contributed by atoms with E-state index in [0.29, 0.717) is 36.2 Å². The number of ketones is 1. The number of pyridine rings is 2. The molecule has 1 saturated heterocycles. The number of hydrogen-bond donors (Lipinski definition) is 0. The molecule has 1 aliphatic heterocycles. The first kappa shape index (κ1) is 20.5. The lowest BCUT2D eigenvalue weighted by molar-refractivity contribution is -0.133. The van der Waals surface area contributed by atoms with Crippen LogP contribution in [-0.2, 0) is 18.3 Å². The zero-order valence-electron chi connectivity index (χ0n) is 17.7. The van der Waals surface area contributed by atoms with Crippen LogP contribution >= 0.6 is 0 Å². The Morgan fingerprint density at radius 1 is 1.17 bits per heavy atom. The summed E-state index contributed by atoms with van der Waals surface area (Å²) in [6.07, 6.45) is 5.53. The minimum Gasteiger partial charge on any atom is -0.315 e. The average Bonchev–Trinajstić information content (AvgIpc) is 3.15. The third-order valence-corrected chi connectivity index (χ3v) is 5.71. The Labute approximate surface area is 175 Å². The number of hydrogen-bond acceptors (Lipinski definition) is 6. The lowest BCUT2D eigenvalue weighted by Crippen LogP contribution is -2.47. The molecular weight excluding hydrogens is 383 g/mol. The van der Waals surface area contributed by atoms with E-state index in [1.54, 1.807) is 23.3 Å². The topological polar surface area (TPSA) is 76.8 Å². The number of carbonyl (C=O) groups is 1. The van der Waals surface area contributed by atoms with Crippen molar-refractivity contribution in [1.82, 2.24) is 29.6 Å². The summed E-state index contributed by atoms with van der Waals surface area (Å²) in [5.41, 5.74) is -0.499. The summed E-state index contributed by atoms with van der Waals surface area (Å²) in [5.74, 6) is 0.818. The van der Waals surface area contributed by atoms with Crippen LogP contribution in [-0.4, -0.2) is 60.7 Å². The number of aryl methyl sites for hydroxylation is 1. The van der Waals surface area contributed by atoms with Crippen molar-refractivity contribution in [3.05, 3.63) is 36.5 Å². The van der Waals surface area contributed by atoms with E-state index >= 15 is 4.39 Å². The van der Waals surface area contributed by atoms with Crippen LogP contribution in [0.5, 0.6) is 0 Å². The maximum Gasteiger partial charge on any atom is 0.182 e. The second kappa shape index (κ2) is 8.18. The van der Waals surface area contributed by atoms with Crippen LogP contribution in [0.3, 0.4) is 0 Å². The van der Waals surface area contributed by atoms with Gasteiger partial charge in [-0.3, -0.25) is 14.8 Å². The molecule has 0 amide bonds. The number of rotatable bonds is 6. The van der Waals surface area contributed by atoms with Crippen molar-refractivity contribution < 1.29 is 9.18 Å². The van der Waals surface area contributed by atoms with Crippen LogP contribution in [0.15, 0.2) is 30.9 Å². The van der Waals surface area contributed by atoms with Crippen molar-refractivity contribution in [3.63, 3.8) is 0 Å². The van der Waals surface area contributed by atoms with Gasteiger partial charge in [0.15, 0.2) is 17.3 Å². The number of halogens is 1. The van der Waals surface area contributed by atoms with Gasteiger partial charge in [0.2, 0.25) is 0 Å². The number of alkyl halides is 1. The molecule has 0 saturated carbocycles. The van der Waals surface area contributed by atoms with Crippen LogP contribution in [0.1, 0.15) is 32.4 Å². The van der Waals surface area contributed by atoms with E-state index in [1.807, 2.05) is 19.2 Å². The molecule has 0 bridgehead atoms. The lowest BCUT2D eigenvalue weighted by atomic mass is 9.86. The fourth-order valence-electron chi connectivity index (χ4n) is 4.03. The van der Waals surface area contributed by atoms with Crippen molar-refractivity contribution in [2.24, 2.45) is 13.0 Å². The van der Waals surface area contributed by atoms with Gasteiger partial charge in [-0.2, -0.15) is 0 Å². The fourth-order valence-corrected chi connectivity index (χ4v) is 4.03. The Morgan fingerprint density at radius 3 is 2.57 bits per heavy atom. The molecule has 8 heteroatoms. The smallest absolute Gasteiger partial charge is 0.182 e. The molecule has 30 heavy (non-hydrogen) atoms. The molecule has 0 aromatic carbocycles. The summed E-state index contributed by atoms with van der Waals surface area (Å²) >= 11 is 0. The third-order valence-electron chi connectivity index (χ3n) is 5.71. The van der Waals surface area contributed by atoms with Gasteiger partial charge in [0.25, 0.3) is 0 Å². The molecule has 0 radical (unpaired) electrons. The first-order chi connectivity index (χ1) is 14.3. The molecule has 4 heterocycles. The molecule has 0 unspecified atom stereocenters. The molecular formula is C22H27FN6O. The quantitative estimate of drug-likeness (QED) is 0.622. The van der Waals surface area contributed by atoms with Crippen molar-refractivity contribution in [2.75, 3.05) is 19.6 Å². The van der Waals surface area contributed by atoms with Crippen LogP contribution in [0.25, 0.3) is 22.3 Å². The van der Waals surface area contributed by atoms with Gasteiger partial charge in [-0.15, -0.1) is 10.2 Å². The maximum absolute atomic E-state index is 15.3. The Balaban J connectivity index is 1.49. The number of fused-ring (bicyclic) bond motifs is 1. The van der Waals surface area contributed by atoms with Crippen molar-refractivity contribution in [3.8, 4) is 11.5 Å². The molecule has 3 aromatic rings. The van der Waals surface area contributed by atoms with E-state index in [2.05, 4.69) is 38.9 Å². The molecule has 7 nitrogen and oxygen atoms in total. The third kappa shape index (κ3) is 4.23. The van der Waals surface area contributed by atoms with E-state index in [4.69, 9.17) is 0 Å². The molecule has 0 N–H and O–H groups in total. The summed E-state index contributed by atoms with van der Waals surface area (Å²) in [6.45, 7) is 6.49. The first-order valence-electron chi connectivity index (χ1n) is 10.4. The van der Waals surface area contributed by atoms with E-state index in [-0.39, 0.29) is 25.0 Å². The number of carbonyl (C=O) groups excluding carboxylic acids is 1. The summed E-state index contributed by atoms with van der Waals surface area (Å²) in [5, 5.41) is 9.72. The molecule has 0 spiro atoms. The fraction of sp³-hybridized carbons (Fsp3) is 0.500. The molecule has 0 atom stereocenters. The van der Waals surface area contributed by atoms with Gasteiger partial charge < -0.3 is 9.47 Å². The SMILES string of the molecule is CC(C)CN1CCC(F)(C(=O)Cc2cc3cc(-c4nncn4C)ncc3cn2)CC1. The second-order valence-electron chi connectivity index (χ2n) is 8.62. The van der Waals surface area contributed by atoms with Crippen LogP contribution in [0.2, 0.25) is 0 Å². The van der Waals surface area contributed by atoms with Crippen molar-refractivity contribution in [1.29, 1.82) is 0 Å². The zero-order valence-corrected chi connectivity index (χ0v) is 17.7. The molecule has 4 rings (SSSR count). The van der Waals surface area contributed by atoms with Gasteiger partial charge in [0.1, 0.15) is 12.0 Å². The van der Waals surface area contributed by atoms with E-state index in [1.165, 1.54) is 0 Å².